The van der Waals surface area contributed by atoms with Crippen LogP contribution in [0.2, 0.25) is 15.1 Å². The first-order valence-corrected chi connectivity index (χ1v) is 11.5. The number of rotatable bonds is 4. The molecule has 2 aromatic carbocycles. The first-order chi connectivity index (χ1) is 16.4. The van der Waals surface area contributed by atoms with E-state index in [0.717, 1.165) is 23.2 Å². The van der Waals surface area contributed by atoms with Crippen LogP contribution in [0.1, 0.15) is 53.7 Å². The van der Waals surface area contributed by atoms with E-state index in [0.29, 0.717) is 6.08 Å². The van der Waals surface area contributed by atoms with Crippen LogP contribution in [0, 0.1) is 6.92 Å². The molecule has 0 aromatic heterocycles. The Kier molecular flexibility index (Phi) is 9.31. The zero-order valence-corrected chi connectivity index (χ0v) is 22.1. The Hall–Kier alpha value is -2.49. The number of benzene rings is 2. The molecule has 12 heteroatoms. The second-order valence-corrected chi connectivity index (χ2v) is 10.0. The average Bonchev–Trinajstić information content (AvgIpc) is 2.72. The Morgan fingerprint density at radius 3 is 2.08 bits per heavy atom. The van der Waals surface area contributed by atoms with Gasteiger partial charge >= 0.3 is 12.3 Å². The highest BCUT2D eigenvalue weighted by Gasteiger charge is 2.40. The molecule has 0 saturated heterocycles. The summed E-state index contributed by atoms with van der Waals surface area (Å²) in [5, 5.41) is 0.321. The van der Waals surface area contributed by atoms with Crippen LogP contribution in [-0.2, 0) is 4.74 Å². The summed E-state index contributed by atoms with van der Waals surface area (Å²) < 4.78 is 61.4. The highest BCUT2D eigenvalue weighted by molar-refractivity contribution is 6.48. The van der Waals surface area contributed by atoms with Crippen molar-refractivity contribution < 1.29 is 31.9 Å². The summed E-state index contributed by atoms with van der Waals surface area (Å²) in [6, 6.07) is 5.53. The van der Waals surface area contributed by atoms with Crippen molar-refractivity contribution in [1.82, 2.24) is 10.4 Å². The lowest BCUT2D eigenvalue weighted by Gasteiger charge is -2.25. The zero-order chi connectivity index (χ0) is 27.6. The van der Waals surface area contributed by atoms with Gasteiger partial charge in [0.15, 0.2) is 0 Å². The zero-order valence-electron chi connectivity index (χ0n) is 19.9. The van der Waals surface area contributed by atoms with Crippen LogP contribution in [-0.4, -0.2) is 35.8 Å². The average molecular weight is 570 g/mol. The van der Waals surface area contributed by atoms with E-state index < -0.39 is 41.1 Å². The van der Waals surface area contributed by atoms with Gasteiger partial charge in [-0.2, -0.15) is 13.2 Å². The van der Waals surface area contributed by atoms with Crippen LogP contribution in [0.3, 0.4) is 0 Å². The molecule has 0 spiro atoms. The summed E-state index contributed by atoms with van der Waals surface area (Å²) in [6.07, 6.45) is -5.28. The van der Waals surface area contributed by atoms with Crippen LogP contribution in [0.4, 0.5) is 22.4 Å². The fourth-order valence-corrected chi connectivity index (χ4v) is 3.65. The Balaban J connectivity index is 2.32. The van der Waals surface area contributed by atoms with E-state index in [-0.39, 0.29) is 31.8 Å². The Labute approximate surface area is 220 Å². The number of nitrogens with zero attached hydrogens (tertiary/aromatic N) is 1. The third-order valence-electron chi connectivity index (χ3n) is 4.71. The summed E-state index contributed by atoms with van der Waals surface area (Å²) >= 11 is 17.5. The first kappa shape index (κ1) is 29.7. The minimum Gasteiger partial charge on any atom is -0.442 e. The molecular formula is C24H23Cl3F4N2O3. The summed E-state index contributed by atoms with van der Waals surface area (Å²) in [7, 11) is 1.28. The molecular weight excluding hydrogens is 547 g/mol. The van der Waals surface area contributed by atoms with Gasteiger partial charge in [-0.25, -0.2) is 14.2 Å². The van der Waals surface area contributed by atoms with Gasteiger partial charge in [0.1, 0.15) is 17.3 Å². The summed E-state index contributed by atoms with van der Waals surface area (Å²) in [6.45, 7) is 6.44. The van der Waals surface area contributed by atoms with Gasteiger partial charge in [0.25, 0.3) is 5.91 Å². The minimum atomic E-state index is -4.86. The van der Waals surface area contributed by atoms with Crippen LogP contribution >= 0.6 is 34.8 Å². The van der Waals surface area contributed by atoms with Crippen molar-refractivity contribution in [1.29, 1.82) is 0 Å². The molecule has 1 N–H and O–H groups in total. The number of ether oxygens (including phenoxy) is 1. The quantitative estimate of drug-likeness (QED) is 0.230. The van der Waals surface area contributed by atoms with Gasteiger partial charge in [-0.1, -0.05) is 40.9 Å². The molecule has 1 atom stereocenters. The second kappa shape index (κ2) is 11.3. The maximum Gasteiger partial charge on any atom is 0.428 e. The highest BCUT2D eigenvalue weighted by atomic mass is 35.5. The number of hydrogen-bond acceptors (Lipinski definition) is 3. The van der Waals surface area contributed by atoms with Crippen molar-refractivity contribution in [3.63, 3.8) is 0 Å². The predicted molar refractivity (Wildman–Crippen MR) is 132 cm³/mol. The van der Waals surface area contributed by atoms with Gasteiger partial charge in [0, 0.05) is 18.2 Å². The topological polar surface area (TPSA) is 58.6 Å². The van der Waals surface area contributed by atoms with E-state index in [2.05, 4.69) is 5.43 Å². The van der Waals surface area contributed by atoms with Gasteiger partial charge < -0.3 is 4.74 Å². The molecule has 2 amide bonds. The molecule has 1 unspecified atom stereocenters. The van der Waals surface area contributed by atoms with E-state index in [1.165, 1.54) is 26.1 Å². The van der Waals surface area contributed by atoms with E-state index >= 15 is 0 Å². The maximum atomic E-state index is 15.0. The second-order valence-electron chi connectivity index (χ2n) is 8.84. The number of carbonyl (C=O) groups excluding carboxylic acids is 2. The highest BCUT2D eigenvalue weighted by Crippen LogP contribution is 2.42. The van der Waals surface area contributed by atoms with Gasteiger partial charge in [-0.3, -0.25) is 10.2 Å². The number of hydrogen-bond donors (Lipinski definition) is 1. The van der Waals surface area contributed by atoms with Crippen molar-refractivity contribution in [2.45, 2.75) is 45.4 Å². The largest absolute Gasteiger partial charge is 0.442 e. The smallest absolute Gasteiger partial charge is 0.428 e. The van der Waals surface area contributed by atoms with Crippen LogP contribution in [0.5, 0.6) is 0 Å². The number of allylic oxidation sites excluding steroid dienone is 1. The number of hydrazine groups is 1. The lowest BCUT2D eigenvalue weighted by molar-refractivity contribution is -0.139. The molecule has 0 saturated carbocycles. The Bertz CT molecular complexity index is 1170. The van der Waals surface area contributed by atoms with Crippen molar-refractivity contribution >= 4 is 52.6 Å². The number of halogens is 7. The summed E-state index contributed by atoms with van der Waals surface area (Å²) in [5.74, 6) is -4.24. The molecule has 0 aliphatic carbocycles. The maximum absolute atomic E-state index is 15.0. The van der Waals surface area contributed by atoms with Crippen LogP contribution in [0.15, 0.2) is 36.4 Å². The van der Waals surface area contributed by atoms with Gasteiger partial charge in [0.2, 0.25) is 0 Å². The normalized spacial score (nSPS) is 13.3. The van der Waals surface area contributed by atoms with Crippen molar-refractivity contribution in [2.24, 2.45) is 0 Å². The number of nitrogens with one attached hydrogen (secondary N) is 1. The third-order valence-corrected chi connectivity index (χ3v) is 5.91. The fraction of sp³-hybridized carbons (Fsp3) is 0.333. The standard InChI is InChI=1S/C24H23Cl3F4N2O3/c1-12-8-13(6-7-15(12)21(34)32-33(5)22(35)36-23(2,3)4)19(28)11-16(24(29,30)31)14-9-17(25)20(27)18(26)10-14/h6-11,16H,1-5H3,(H,32,34). The molecule has 2 rings (SSSR count). The van der Waals surface area contributed by atoms with Crippen molar-refractivity contribution in [3.8, 4) is 0 Å². The van der Waals surface area contributed by atoms with Crippen molar-refractivity contribution in [3.05, 3.63) is 73.7 Å². The Morgan fingerprint density at radius 1 is 1.06 bits per heavy atom. The lowest BCUT2D eigenvalue weighted by atomic mass is 9.95. The van der Waals surface area contributed by atoms with Crippen molar-refractivity contribution in [2.75, 3.05) is 7.05 Å². The van der Waals surface area contributed by atoms with Gasteiger partial charge in [0.05, 0.1) is 15.1 Å². The van der Waals surface area contributed by atoms with Crippen LogP contribution < -0.4 is 5.43 Å². The molecule has 0 aliphatic rings. The monoisotopic (exact) mass is 568 g/mol. The van der Waals surface area contributed by atoms with E-state index in [9.17, 15) is 27.2 Å². The van der Waals surface area contributed by atoms with Crippen LogP contribution in [0.25, 0.3) is 5.83 Å². The molecule has 0 heterocycles. The Morgan fingerprint density at radius 2 is 1.61 bits per heavy atom. The molecule has 2 aromatic rings. The number of alkyl halides is 3. The SMILES string of the molecule is Cc1cc(C(F)=CC(c2cc(Cl)c(Cl)c(Cl)c2)C(F)(F)F)ccc1C(=O)NN(C)C(=O)OC(C)(C)C. The molecule has 0 aliphatic heterocycles. The van der Waals surface area contributed by atoms with E-state index in [1.54, 1.807) is 20.8 Å². The van der Waals surface area contributed by atoms with Gasteiger partial charge in [-0.05, 0) is 69.2 Å². The number of aryl methyl sites for hydroxylation is 1. The van der Waals surface area contributed by atoms with E-state index in [1.807, 2.05) is 0 Å². The molecule has 5 nitrogen and oxygen atoms in total. The summed E-state index contributed by atoms with van der Waals surface area (Å²) in [4.78, 5) is 24.6. The molecule has 196 valence electrons. The molecule has 0 fully saturated rings. The molecule has 0 radical (unpaired) electrons. The first-order valence-electron chi connectivity index (χ1n) is 10.4. The molecule has 0 bridgehead atoms. The lowest BCUT2D eigenvalue weighted by Crippen LogP contribution is -2.45. The number of amides is 2. The summed E-state index contributed by atoms with van der Waals surface area (Å²) in [5.41, 5.74) is 1.29. The third kappa shape index (κ3) is 7.75. The van der Waals surface area contributed by atoms with E-state index in [4.69, 9.17) is 39.5 Å². The predicted octanol–water partition coefficient (Wildman–Crippen LogP) is 8.12. The number of carbonyl (C=O) groups is 2. The minimum absolute atomic E-state index is 0.0746. The van der Waals surface area contributed by atoms with Gasteiger partial charge in [-0.15, -0.1) is 0 Å². The fourth-order valence-electron chi connectivity index (χ4n) is 3.03. The molecule has 36 heavy (non-hydrogen) atoms.